The Bertz CT molecular complexity index is 769. The molecule has 0 saturated heterocycles. The summed E-state index contributed by atoms with van der Waals surface area (Å²) in [5.41, 5.74) is 7.29. The Labute approximate surface area is 124 Å². The summed E-state index contributed by atoms with van der Waals surface area (Å²) in [7, 11) is 0. The van der Waals surface area contributed by atoms with Crippen LogP contribution in [-0.4, -0.2) is 16.0 Å². The van der Waals surface area contributed by atoms with Gasteiger partial charge in [-0.15, -0.1) is 11.3 Å². The maximum absolute atomic E-state index is 8.93. The zero-order valence-corrected chi connectivity index (χ0v) is 12.0. The molecule has 2 aromatic heterocycles. The van der Waals surface area contributed by atoms with E-state index in [9.17, 15) is 0 Å². The standard InChI is InChI=1S/C14H11N3OS2/c15-14(17-18)10-8-12(20-13-6-3-7-19-13)16-11-5-2-1-4-9(10)11/h1-8,18H,(H2,15,17). The lowest BCUT2D eigenvalue weighted by molar-refractivity contribution is 0.318. The van der Waals surface area contributed by atoms with Crippen molar-refractivity contribution in [2.45, 2.75) is 9.24 Å². The number of amidine groups is 1. The molecule has 100 valence electrons. The Balaban J connectivity index is 2.14. The minimum Gasteiger partial charge on any atom is -0.409 e. The molecular formula is C14H11N3OS2. The molecule has 4 nitrogen and oxygen atoms in total. The molecule has 0 fully saturated rings. The number of fused-ring (bicyclic) bond motifs is 1. The van der Waals surface area contributed by atoms with Crippen LogP contribution in [0, 0.1) is 0 Å². The Morgan fingerprint density at radius 2 is 2.10 bits per heavy atom. The van der Waals surface area contributed by atoms with Crippen LogP contribution < -0.4 is 5.73 Å². The zero-order chi connectivity index (χ0) is 13.9. The van der Waals surface area contributed by atoms with Gasteiger partial charge in [-0.3, -0.25) is 0 Å². The summed E-state index contributed by atoms with van der Waals surface area (Å²) in [6, 6.07) is 13.5. The highest BCUT2D eigenvalue weighted by atomic mass is 32.2. The third kappa shape index (κ3) is 2.48. The Kier molecular flexibility index (Phi) is 3.58. The largest absolute Gasteiger partial charge is 0.409 e. The Morgan fingerprint density at radius 3 is 2.85 bits per heavy atom. The van der Waals surface area contributed by atoms with E-state index in [2.05, 4.69) is 10.1 Å². The average Bonchev–Trinajstić information content (AvgIpc) is 2.98. The Hall–Kier alpha value is -2.05. The van der Waals surface area contributed by atoms with E-state index in [1.807, 2.05) is 47.8 Å². The van der Waals surface area contributed by atoms with Crippen molar-refractivity contribution in [2.24, 2.45) is 10.9 Å². The van der Waals surface area contributed by atoms with Gasteiger partial charge in [0.1, 0.15) is 5.03 Å². The summed E-state index contributed by atoms with van der Waals surface area (Å²) < 4.78 is 1.15. The minimum absolute atomic E-state index is 0.0941. The monoisotopic (exact) mass is 301 g/mol. The molecule has 0 spiro atoms. The predicted octanol–water partition coefficient (Wildman–Crippen LogP) is 3.54. The third-order valence-corrected chi connectivity index (χ3v) is 4.73. The van der Waals surface area contributed by atoms with E-state index in [1.54, 1.807) is 23.1 Å². The van der Waals surface area contributed by atoms with Gasteiger partial charge in [0.25, 0.3) is 0 Å². The molecular weight excluding hydrogens is 290 g/mol. The first kappa shape index (κ1) is 13.0. The topological polar surface area (TPSA) is 71.5 Å². The second-order valence-corrected chi connectivity index (χ2v) is 6.31. The van der Waals surface area contributed by atoms with E-state index in [1.165, 1.54) is 0 Å². The fourth-order valence-electron chi connectivity index (χ4n) is 1.89. The summed E-state index contributed by atoms with van der Waals surface area (Å²) in [5.74, 6) is 0.0941. The van der Waals surface area contributed by atoms with Gasteiger partial charge >= 0.3 is 0 Å². The molecule has 20 heavy (non-hydrogen) atoms. The molecule has 3 N–H and O–H groups in total. The lowest BCUT2D eigenvalue weighted by Crippen LogP contribution is -2.14. The van der Waals surface area contributed by atoms with Crippen molar-refractivity contribution in [2.75, 3.05) is 0 Å². The summed E-state index contributed by atoms with van der Waals surface area (Å²) in [6.45, 7) is 0. The van der Waals surface area contributed by atoms with Crippen molar-refractivity contribution in [3.63, 3.8) is 0 Å². The van der Waals surface area contributed by atoms with Crippen LogP contribution in [0.3, 0.4) is 0 Å². The number of para-hydroxylation sites is 1. The molecule has 0 radical (unpaired) electrons. The normalized spacial score (nSPS) is 11.9. The molecule has 2 heterocycles. The maximum Gasteiger partial charge on any atom is 0.170 e. The van der Waals surface area contributed by atoms with E-state index in [4.69, 9.17) is 10.9 Å². The molecule has 0 atom stereocenters. The molecule has 3 rings (SSSR count). The SMILES string of the molecule is NC(=NO)c1cc(Sc2cccs2)nc2ccccc12. The van der Waals surface area contributed by atoms with Crippen LogP contribution in [0.25, 0.3) is 10.9 Å². The fourth-order valence-corrected chi connectivity index (χ4v) is 3.63. The van der Waals surface area contributed by atoms with Crippen LogP contribution in [0.15, 0.2) is 62.2 Å². The molecule has 0 amide bonds. The van der Waals surface area contributed by atoms with Gasteiger partial charge in [-0.1, -0.05) is 41.2 Å². The predicted molar refractivity (Wildman–Crippen MR) is 82.7 cm³/mol. The lowest BCUT2D eigenvalue weighted by atomic mass is 10.1. The van der Waals surface area contributed by atoms with Gasteiger partial charge in [0.05, 0.1) is 9.73 Å². The molecule has 0 bridgehead atoms. The van der Waals surface area contributed by atoms with E-state index in [0.717, 1.165) is 20.1 Å². The van der Waals surface area contributed by atoms with E-state index in [0.29, 0.717) is 5.56 Å². The average molecular weight is 301 g/mol. The van der Waals surface area contributed by atoms with E-state index >= 15 is 0 Å². The number of nitrogens with zero attached hydrogens (tertiary/aromatic N) is 2. The van der Waals surface area contributed by atoms with Gasteiger partial charge in [0, 0.05) is 10.9 Å². The highest BCUT2D eigenvalue weighted by Crippen LogP contribution is 2.32. The van der Waals surface area contributed by atoms with E-state index < -0.39 is 0 Å². The molecule has 0 unspecified atom stereocenters. The van der Waals surface area contributed by atoms with Crippen molar-refractivity contribution in [1.82, 2.24) is 4.98 Å². The van der Waals surface area contributed by atoms with Crippen LogP contribution in [0.2, 0.25) is 0 Å². The smallest absolute Gasteiger partial charge is 0.170 e. The van der Waals surface area contributed by atoms with Crippen molar-refractivity contribution in [1.29, 1.82) is 0 Å². The van der Waals surface area contributed by atoms with Crippen LogP contribution in [-0.2, 0) is 0 Å². The van der Waals surface area contributed by atoms with E-state index in [-0.39, 0.29) is 5.84 Å². The number of oxime groups is 1. The van der Waals surface area contributed by atoms with Gasteiger partial charge in [-0.2, -0.15) is 0 Å². The van der Waals surface area contributed by atoms with Gasteiger partial charge in [-0.05, 0) is 23.6 Å². The summed E-state index contributed by atoms with van der Waals surface area (Å²) in [6.07, 6.45) is 0. The van der Waals surface area contributed by atoms with Crippen molar-refractivity contribution >= 4 is 39.8 Å². The van der Waals surface area contributed by atoms with Crippen molar-refractivity contribution < 1.29 is 5.21 Å². The van der Waals surface area contributed by atoms with Crippen molar-refractivity contribution in [3.8, 4) is 0 Å². The van der Waals surface area contributed by atoms with Crippen molar-refractivity contribution in [3.05, 3.63) is 53.4 Å². The molecule has 1 aromatic carbocycles. The number of pyridine rings is 1. The first-order chi connectivity index (χ1) is 9.78. The third-order valence-electron chi connectivity index (χ3n) is 2.78. The van der Waals surface area contributed by atoms with Crippen LogP contribution in [0.5, 0.6) is 0 Å². The Morgan fingerprint density at radius 1 is 1.25 bits per heavy atom. The first-order valence-corrected chi connectivity index (χ1v) is 7.56. The first-order valence-electron chi connectivity index (χ1n) is 5.87. The van der Waals surface area contributed by atoms with Crippen LogP contribution in [0.1, 0.15) is 5.56 Å². The highest BCUT2D eigenvalue weighted by Gasteiger charge is 2.10. The maximum atomic E-state index is 8.93. The molecule has 0 aliphatic rings. The number of rotatable bonds is 3. The van der Waals surface area contributed by atoms with Gasteiger partial charge in [-0.25, -0.2) is 4.98 Å². The number of nitrogens with two attached hydrogens (primary N) is 1. The molecule has 0 aliphatic carbocycles. The lowest BCUT2D eigenvalue weighted by Gasteiger charge is -2.07. The number of benzene rings is 1. The van der Waals surface area contributed by atoms with Crippen LogP contribution >= 0.6 is 23.1 Å². The summed E-state index contributed by atoms with van der Waals surface area (Å²) in [4.78, 5) is 4.60. The number of hydrogen-bond donors (Lipinski definition) is 2. The number of hydrogen-bond acceptors (Lipinski definition) is 5. The highest BCUT2D eigenvalue weighted by molar-refractivity contribution is 8.01. The minimum atomic E-state index is 0.0941. The summed E-state index contributed by atoms with van der Waals surface area (Å²) in [5, 5.41) is 15.8. The molecule has 0 saturated carbocycles. The fraction of sp³-hybridized carbons (Fsp3) is 0. The second kappa shape index (κ2) is 5.52. The van der Waals surface area contributed by atoms with Gasteiger partial charge in [0.2, 0.25) is 0 Å². The number of thiophene rings is 1. The zero-order valence-electron chi connectivity index (χ0n) is 10.4. The molecule has 6 heteroatoms. The number of aromatic nitrogens is 1. The molecule has 0 aliphatic heterocycles. The quantitative estimate of drug-likeness (QED) is 0.336. The van der Waals surface area contributed by atoms with Gasteiger partial charge in [0.15, 0.2) is 5.84 Å². The molecule has 3 aromatic rings. The van der Waals surface area contributed by atoms with Gasteiger partial charge < -0.3 is 10.9 Å². The second-order valence-electron chi connectivity index (χ2n) is 4.04. The van der Waals surface area contributed by atoms with Crippen LogP contribution in [0.4, 0.5) is 0 Å². The summed E-state index contributed by atoms with van der Waals surface area (Å²) >= 11 is 3.22.